The Morgan fingerprint density at radius 2 is 0.659 bits per heavy atom. The second-order valence-corrected chi connectivity index (χ2v) is 7.74. The molecule has 1 N–H and O–H groups in total. The highest BCUT2D eigenvalue weighted by Gasteiger charge is 2.40. The maximum atomic E-state index is 14.6. The molecule has 0 aliphatic carbocycles. The Hall–Kier alpha value is -4.16. The normalized spacial score (nSPS) is 11.5. The van der Waals surface area contributed by atoms with E-state index in [1.54, 1.807) is 0 Å². The first-order valence-corrected chi connectivity index (χ1v) is 10.0. The molecule has 0 aliphatic rings. The first-order valence-electron chi connectivity index (χ1n) is 10.0. The fourth-order valence-corrected chi connectivity index (χ4v) is 3.70. The molecule has 19 heteroatoms. The van der Waals surface area contributed by atoms with Gasteiger partial charge in [-0.3, -0.25) is 0 Å². The van der Waals surface area contributed by atoms with Crippen LogP contribution in [0.1, 0.15) is 0 Å². The summed E-state index contributed by atoms with van der Waals surface area (Å²) in [6.07, 6.45) is 0. The van der Waals surface area contributed by atoms with Crippen LogP contribution in [0, 0.1) is 93.1 Å². The van der Waals surface area contributed by atoms with Crippen LogP contribution < -0.4 is 10.1 Å². The monoisotopic (exact) mass is 612 g/mol. The summed E-state index contributed by atoms with van der Waals surface area (Å²) in [5, 5.41) is 5.75. The van der Waals surface area contributed by atoms with Gasteiger partial charge in [-0.2, -0.15) is 4.39 Å². The molecule has 4 aromatic carbocycles. The summed E-state index contributed by atoms with van der Waals surface area (Å²) in [6, 6.07) is 0. The Morgan fingerprint density at radius 1 is 0.341 bits per heavy atom. The standard InChI is InChI=1S/C22HBF16O2/c24-6-1-2(8(26)15(33)14(6)32)7(25)13(31)12(30)5(1)23(40)41-22-4(11(29)18(36)20(38)21(22)39)3-9(27)16(34)19(37)17(35)10(3)28/h40H. The van der Waals surface area contributed by atoms with Crippen molar-refractivity contribution in [2.24, 2.45) is 0 Å². The molecule has 0 saturated heterocycles. The maximum Gasteiger partial charge on any atom is 0.564 e. The highest BCUT2D eigenvalue weighted by atomic mass is 19.2. The quantitative estimate of drug-likeness (QED) is 0.124. The average molecular weight is 612 g/mol. The zero-order valence-corrected chi connectivity index (χ0v) is 18.5. The SMILES string of the molecule is OB(Oc1c(F)c(F)c(F)c(F)c1-c1c(F)c(F)c(F)c(F)c1F)c1c(F)c(F)c(F)c2c(F)c(F)c(F)c(F)c12. The molecule has 4 rings (SSSR count). The molecular weight excluding hydrogens is 611 g/mol. The third-order valence-corrected chi connectivity index (χ3v) is 5.54. The Balaban J connectivity index is 2.10. The minimum absolute atomic E-state index is 2.22. The van der Waals surface area contributed by atoms with Crippen LogP contribution in [0.3, 0.4) is 0 Å². The number of halogens is 16. The summed E-state index contributed by atoms with van der Waals surface area (Å²) in [7, 11) is -3.79. The van der Waals surface area contributed by atoms with Crippen molar-refractivity contribution in [3.8, 4) is 16.9 Å². The van der Waals surface area contributed by atoms with Gasteiger partial charge in [0.05, 0.1) is 16.5 Å². The van der Waals surface area contributed by atoms with Crippen LogP contribution in [0.15, 0.2) is 0 Å². The molecule has 0 saturated carbocycles. The van der Waals surface area contributed by atoms with E-state index in [0.29, 0.717) is 0 Å². The lowest BCUT2D eigenvalue weighted by Crippen LogP contribution is -2.41. The van der Waals surface area contributed by atoms with Crippen molar-refractivity contribution in [2.75, 3.05) is 0 Å². The number of rotatable bonds is 4. The maximum absolute atomic E-state index is 14.6. The van der Waals surface area contributed by atoms with Crippen LogP contribution >= 0.6 is 0 Å². The lowest BCUT2D eigenvalue weighted by Gasteiger charge is -2.20. The van der Waals surface area contributed by atoms with Crippen molar-refractivity contribution in [3.05, 3.63) is 93.1 Å². The van der Waals surface area contributed by atoms with E-state index in [9.17, 15) is 75.3 Å². The lowest BCUT2D eigenvalue weighted by molar-refractivity contribution is 0.363. The van der Waals surface area contributed by atoms with Gasteiger partial charge < -0.3 is 9.68 Å². The molecule has 0 amide bonds. The molecule has 0 bridgehead atoms. The van der Waals surface area contributed by atoms with Gasteiger partial charge in [-0.05, 0) is 0 Å². The second kappa shape index (κ2) is 10.0. The summed E-state index contributed by atoms with van der Waals surface area (Å²) in [4.78, 5) is 0. The molecule has 41 heavy (non-hydrogen) atoms. The van der Waals surface area contributed by atoms with Gasteiger partial charge >= 0.3 is 7.12 Å². The molecule has 0 unspecified atom stereocenters. The van der Waals surface area contributed by atoms with Crippen LogP contribution in [0.4, 0.5) is 70.2 Å². The van der Waals surface area contributed by atoms with Crippen LogP contribution in [0.25, 0.3) is 21.9 Å². The van der Waals surface area contributed by atoms with Crippen LogP contribution in [0.2, 0.25) is 0 Å². The molecule has 0 aromatic heterocycles. The van der Waals surface area contributed by atoms with Gasteiger partial charge in [0.2, 0.25) is 17.5 Å². The van der Waals surface area contributed by atoms with Crippen LogP contribution in [-0.4, -0.2) is 12.1 Å². The molecule has 0 heterocycles. The fraction of sp³-hybridized carbons (Fsp3) is 0. The van der Waals surface area contributed by atoms with Crippen molar-refractivity contribution in [1.29, 1.82) is 0 Å². The number of benzene rings is 4. The molecule has 216 valence electrons. The summed E-state index contributed by atoms with van der Waals surface area (Å²) in [5.41, 5.74) is -7.44. The van der Waals surface area contributed by atoms with E-state index in [0.717, 1.165) is 0 Å². The van der Waals surface area contributed by atoms with Gasteiger partial charge in [0, 0.05) is 10.8 Å². The Morgan fingerprint density at radius 3 is 1.12 bits per heavy atom. The Labute approximate surface area is 214 Å². The molecule has 0 aliphatic heterocycles. The van der Waals surface area contributed by atoms with Crippen LogP contribution in [-0.2, 0) is 0 Å². The van der Waals surface area contributed by atoms with E-state index in [4.69, 9.17) is 0 Å². The van der Waals surface area contributed by atoms with Gasteiger partial charge in [0.1, 0.15) is 0 Å². The van der Waals surface area contributed by atoms with Crippen molar-refractivity contribution in [2.45, 2.75) is 0 Å². The third kappa shape index (κ3) is 4.12. The van der Waals surface area contributed by atoms with E-state index >= 15 is 0 Å². The topological polar surface area (TPSA) is 29.5 Å². The van der Waals surface area contributed by atoms with E-state index in [1.165, 1.54) is 0 Å². The number of hydrogen-bond acceptors (Lipinski definition) is 2. The van der Waals surface area contributed by atoms with Crippen LogP contribution in [0.5, 0.6) is 5.75 Å². The molecule has 2 nitrogen and oxygen atoms in total. The molecule has 4 aromatic rings. The highest BCUT2D eigenvalue weighted by Crippen LogP contribution is 2.42. The predicted molar refractivity (Wildman–Crippen MR) is 103 cm³/mol. The molecule has 0 atom stereocenters. The Kier molecular flexibility index (Phi) is 7.30. The van der Waals surface area contributed by atoms with Crippen molar-refractivity contribution < 1.29 is 79.9 Å². The fourth-order valence-electron chi connectivity index (χ4n) is 3.70. The van der Waals surface area contributed by atoms with E-state index in [1.807, 2.05) is 0 Å². The zero-order valence-electron chi connectivity index (χ0n) is 18.5. The third-order valence-electron chi connectivity index (χ3n) is 5.54. The molecule has 0 spiro atoms. The molecular formula is C22HBF16O2. The van der Waals surface area contributed by atoms with Gasteiger partial charge in [-0.1, -0.05) is 0 Å². The van der Waals surface area contributed by atoms with Gasteiger partial charge in [-0.15, -0.1) is 0 Å². The molecule has 0 fully saturated rings. The number of fused-ring (bicyclic) bond motifs is 1. The lowest BCUT2D eigenvalue weighted by atomic mass is 9.75. The largest absolute Gasteiger partial charge is 0.564 e. The number of hydrogen-bond donors (Lipinski definition) is 1. The summed E-state index contributed by atoms with van der Waals surface area (Å²) in [5.74, 6) is -48.8. The first kappa shape index (κ1) is 29.8. The second-order valence-electron chi connectivity index (χ2n) is 7.74. The zero-order chi connectivity index (χ0) is 31.0. The summed E-state index contributed by atoms with van der Waals surface area (Å²) < 4.78 is 230. The van der Waals surface area contributed by atoms with Gasteiger partial charge in [0.15, 0.2) is 81.4 Å². The molecule has 0 radical (unpaired) electrons. The van der Waals surface area contributed by atoms with Crippen molar-refractivity contribution in [1.82, 2.24) is 0 Å². The van der Waals surface area contributed by atoms with Crippen molar-refractivity contribution in [3.63, 3.8) is 0 Å². The van der Waals surface area contributed by atoms with Gasteiger partial charge in [0.25, 0.3) is 0 Å². The highest BCUT2D eigenvalue weighted by molar-refractivity contribution is 6.64. The minimum Gasteiger partial charge on any atom is -0.530 e. The van der Waals surface area contributed by atoms with Gasteiger partial charge in [-0.25, -0.2) is 65.9 Å². The smallest absolute Gasteiger partial charge is 0.530 e. The van der Waals surface area contributed by atoms with Crippen molar-refractivity contribution >= 4 is 23.4 Å². The summed E-state index contributed by atoms with van der Waals surface area (Å²) >= 11 is 0. The summed E-state index contributed by atoms with van der Waals surface area (Å²) in [6.45, 7) is 0. The first-order chi connectivity index (χ1) is 19.0. The predicted octanol–water partition coefficient (Wildman–Crippen LogP) is 6.50. The minimum atomic E-state index is -3.79. The Bertz CT molecular complexity index is 1770. The van der Waals surface area contributed by atoms with E-state index < -0.39 is 133 Å². The van der Waals surface area contributed by atoms with E-state index in [-0.39, 0.29) is 0 Å². The average Bonchev–Trinajstić information content (AvgIpc) is 2.94. The van der Waals surface area contributed by atoms with E-state index in [2.05, 4.69) is 4.65 Å².